The predicted molar refractivity (Wildman–Crippen MR) is 144 cm³/mol. The second-order valence-corrected chi connectivity index (χ2v) is 12.2. The summed E-state index contributed by atoms with van der Waals surface area (Å²) in [5.74, 6) is -1.09. The highest BCUT2D eigenvalue weighted by atomic mass is 35.5. The van der Waals surface area contributed by atoms with Crippen LogP contribution in [-0.2, 0) is 20.7 Å². The molecule has 3 fully saturated rings. The number of rotatable bonds is 5. The Hall–Kier alpha value is -3.06. The van der Waals surface area contributed by atoms with Crippen molar-refractivity contribution in [2.45, 2.75) is 76.5 Å². The number of carbonyl (C=O) groups excluding carboxylic acids is 3. The Bertz CT molecular complexity index is 1190. The second kappa shape index (κ2) is 10.3. The molecule has 5 rings (SSSR count). The first-order valence-corrected chi connectivity index (χ1v) is 13.8. The number of amides is 3. The Morgan fingerprint density at radius 3 is 2.37 bits per heavy atom. The van der Waals surface area contributed by atoms with Gasteiger partial charge in [0, 0.05) is 18.0 Å². The fraction of sp³-hybridized carbons (Fsp3) is 0.500. The largest absolute Gasteiger partial charge is 0.444 e. The van der Waals surface area contributed by atoms with Gasteiger partial charge >= 0.3 is 12.2 Å². The molecule has 3 amide bonds. The third kappa shape index (κ3) is 5.26. The summed E-state index contributed by atoms with van der Waals surface area (Å²) in [6.45, 7) is 6.19. The van der Waals surface area contributed by atoms with Gasteiger partial charge in [0.25, 0.3) is 0 Å². The summed E-state index contributed by atoms with van der Waals surface area (Å²) in [5.41, 5.74) is 0.907. The van der Waals surface area contributed by atoms with Crippen LogP contribution in [0.25, 0.3) is 0 Å². The number of imide groups is 1. The number of nitrogens with zero attached hydrogens (tertiary/aromatic N) is 2. The lowest BCUT2D eigenvalue weighted by Gasteiger charge is -2.48. The van der Waals surface area contributed by atoms with E-state index in [9.17, 15) is 14.4 Å². The van der Waals surface area contributed by atoms with E-state index in [-0.39, 0.29) is 17.9 Å². The van der Waals surface area contributed by atoms with Crippen molar-refractivity contribution < 1.29 is 23.9 Å². The van der Waals surface area contributed by atoms with Gasteiger partial charge in [-0.05, 0) is 68.7 Å². The number of ether oxygens (including phenoxy) is 2. The van der Waals surface area contributed by atoms with E-state index in [0.717, 1.165) is 36.8 Å². The summed E-state index contributed by atoms with van der Waals surface area (Å²) in [7, 11) is 0. The zero-order valence-corrected chi connectivity index (χ0v) is 22.9. The first-order valence-electron chi connectivity index (χ1n) is 13.4. The van der Waals surface area contributed by atoms with Crippen molar-refractivity contribution in [3.63, 3.8) is 0 Å². The van der Waals surface area contributed by atoms with Gasteiger partial charge in [-0.15, -0.1) is 0 Å². The zero-order valence-electron chi connectivity index (χ0n) is 22.2. The zero-order chi connectivity index (χ0) is 27.1. The normalized spacial score (nSPS) is 23.2. The van der Waals surface area contributed by atoms with Gasteiger partial charge < -0.3 is 14.4 Å². The van der Waals surface area contributed by atoms with Crippen LogP contribution in [0.1, 0.15) is 63.5 Å². The van der Waals surface area contributed by atoms with Crippen LogP contribution in [-0.4, -0.2) is 58.7 Å². The lowest BCUT2D eigenvalue weighted by atomic mass is 9.60. The van der Waals surface area contributed by atoms with Gasteiger partial charge in [0.2, 0.25) is 5.91 Å². The molecule has 202 valence electrons. The number of likely N-dealkylation sites (tertiary alicyclic amines) is 1. The molecule has 0 aromatic heterocycles. The van der Waals surface area contributed by atoms with Gasteiger partial charge in [-0.1, -0.05) is 60.5 Å². The van der Waals surface area contributed by atoms with Crippen molar-refractivity contribution in [2.24, 2.45) is 5.41 Å². The Labute approximate surface area is 229 Å². The van der Waals surface area contributed by atoms with E-state index in [4.69, 9.17) is 21.1 Å². The molecule has 3 aliphatic rings. The molecule has 2 aromatic carbocycles. The topological polar surface area (TPSA) is 76.2 Å². The Kier molecular flexibility index (Phi) is 7.16. The minimum absolute atomic E-state index is 0.169. The molecule has 2 aliphatic heterocycles. The van der Waals surface area contributed by atoms with Crippen molar-refractivity contribution in [2.75, 3.05) is 13.1 Å². The maximum atomic E-state index is 14.3. The smallest absolute Gasteiger partial charge is 0.417 e. The van der Waals surface area contributed by atoms with Crippen LogP contribution in [0.3, 0.4) is 0 Å². The van der Waals surface area contributed by atoms with E-state index in [0.29, 0.717) is 18.0 Å². The molecule has 2 aromatic rings. The molecule has 3 atom stereocenters. The van der Waals surface area contributed by atoms with Crippen LogP contribution in [0.15, 0.2) is 54.6 Å². The average molecular weight is 539 g/mol. The summed E-state index contributed by atoms with van der Waals surface area (Å²) in [6.07, 6.45) is 2.73. The molecule has 38 heavy (non-hydrogen) atoms. The van der Waals surface area contributed by atoms with Crippen molar-refractivity contribution >= 4 is 29.7 Å². The van der Waals surface area contributed by atoms with Crippen LogP contribution >= 0.6 is 11.6 Å². The fourth-order valence-electron chi connectivity index (χ4n) is 6.18. The highest BCUT2D eigenvalue weighted by molar-refractivity contribution is 6.30. The molecular formula is C30H35ClN2O5. The van der Waals surface area contributed by atoms with Crippen molar-refractivity contribution in [3.05, 3.63) is 70.7 Å². The lowest BCUT2D eigenvalue weighted by molar-refractivity contribution is -0.132. The molecule has 0 bridgehead atoms. The lowest BCUT2D eigenvalue weighted by Crippen LogP contribution is -2.54. The summed E-state index contributed by atoms with van der Waals surface area (Å²) < 4.78 is 11.4. The van der Waals surface area contributed by atoms with E-state index in [2.05, 4.69) is 0 Å². The summed E-state index contributed by atoms with van der Waals surface area (Å²) in [5, 5.41) is 0.553. The van der Waals surface area contributed by atoms with Gasteiger partial charge in [-0.3, -0.25) is 4.79 Å². The number of cyclic esters (lactones) is 1. The van der Waals surface area contributed by atoms with E-state index < -0.39 is 35.9 Å². The summed E-state index contributed by atoms with van der Waals surface area (Å²) in [4.78, 5) is 43.7. The fourth-order valence-corrected chi connectivity index (χ4v) is 6.30. The van der Waals surface area contributed by atoms with Crippen LogP contribution in [0.5, 0.6) is 0 Å². The van der Waals surface area contributed by atoms with Gasteiger partial charge in [0.1, 0.15) is 11.7 Å². The minimum Gasteiger partial charge on any atom is -0.444 e. The quantitative estimate of drug-likeness (QED) is 0.453. The molecule has 2 heterocycles. The molecule has 1 aliphatic carbocycles. The monoisotopic (exact) mass is 538 g/mol. The Morgan fingerprint density at radius 2 is 1.76 bits per heavy atom. The van der Waals surface area contributed by atoms with Crippen molar-refractivity contribution in [1.29, 1.82) is 0 Å². The number of hydrogen-bond donors (Lipinski definition) is 0. The molecule has 1 spiro atoms. The van der Waals surface area contributed by atoms with Crippen LogP contribution in [0.4, 0.5) is 9.59 Å². The van der Waals surface area contributed by atoms with E-state index in [1.54, 1.807) is 17.0 Å². The molecule has 2 unspecified atom stereocenters. The molecule has 1 saturated carbocycles. The number of carbonyl (C=O) groups is 3. The molecule has 8 heteroatoms. The second-order valence-electron chi connectivity index (χ2n) is 11.8. The predicted octanol–water partition coefficient (Wildman–Crippen LogP) is 6.19. The minimum atomic E-state index is -0.745. The van der Waals surface area contributed by atoms with Crippen LogP contribution < -0.4 is 0 Å². The van der Waals surface area contributed by atoms with Gasteiger partial charge in [0.05, 0.1) is 18.5 Å². The number of hydrogen-bond acceptors (Lipinski definition) is 5. The highest BCUT2D eigenvalue weighted by Crippen LogP contribution is 2.56. The Balaban J connectivity index is 1.48. The third-order valence-electron chi connectivity index (χ3n) is 8.05. The SMILES string of the molecule is CC(C)(C)OC(=O)N1CCC2(CCC2)C1[C@@H](C(=O)N1CC(Cc2ccccc2)OC1=O)c1ccc(Cl)cc1. The van der Waals surface area contributed by atoms with Crippen LogP contribution in [0, 0.1) is 5.41 Å². The van der Waals surface area contributed by atoms with Gasteiger partial charge in [0.15, 0.2) is 0 Å². The highest BCUT2D eigenvalue weighted by Gasteiger charge is 2.58. The van der Waals surface area contributed by atoms with Gasteiger partial charge in [-0.25, -0.2) is 14.5 Å². The molecule has 7 nitrogen and oxygen atoms in total. The molecule has 2 saturated heterocycles. The number of halogens is 1. The summed E-state index contributed by atoms with van der Waals surface area (Å²) in [6, 6.07) is 16.5. The standard InChI is InChI=1S/C30H35ClN2O5/c1-29(2,3)38-28(36)32-17-16-30(14-7-15-30)25(32)24(21-10-12-22(31)13-11-21)26(34)33-19-23(37-27(33)35)18-20-8-5-4-6-9-20/h4-6,8-13,23-25H,7,14-19H2,1-3H3/t23?,24-,25?/m0/s1. The third-order valence-corrected chi connectivity index (χ3v) is 8.30. The molecule has 0 radical (unpaired) electrons. The first kappa shape index (κ1) is 26.5. The van der Waals surface area contributed by atoms with Crippen molar-refractivity contribution in [3.8, 4) is 0 Å². The maximum Gasteiger partial charge on any atom is 0.417 e. The summed E-state index contributed by atoms with van der Waals surface area (Å²) >= 11 is 6.19. The first-order chi connectivity index (χ1) is 18.1. The Morgan fingerprint density at radius 1 is 1.08 bits per heavy atom. The average Bonchev–Trinajstić information content (AvgIpc) is 3.41. The molecule has 0 N–H and O–H groups in total. The van der Waals surface area contributed by atoms with E-state index in [1.165, 1.54) is 4.90 Å². The van der Waals surface area contributed by atoms with Gasteiger partial charge in [-0.2, -0.15) is 0 Å². The number of benzene rings is 2. The molecular weight excluding hydrogens is 504 g/mol. The van der Waals surface area contributed by atoms with E-state index >= 15 is 0 Å². The maximum absolute atomic E-state index is 14.3. The van der Waals surface area contributed by atoms with Crippen LogP contribution in [0.2, 0.25) is 5.02 Å². The van der Waals surface area contributed by atoms with E-state index in [1.807, 2.05) is 63.2 Å². The van der Waals surface area contributed by atoms with Crippen molar-refractivity contribution in [1.82, 2.24) is 9.80 Å².